The Hall–Kier alpha value is -1.49. The Morgan fingerprint density at radius 3 is 2.30 bits per heavy atom. The van der Waals surface area contributed by atoms with E-state index in [0.29, 0.717) is 21.6 Å². The molecule has 0 spiro atoms. The van der Waals surface area contributed by atoms with E-state index >= 15 is 0 Å². The van der Waals surface area contributed by atoms with Crippen LogP contribution in [0.5, 0.6) is 0 Å². The van der Waals surface area contributed by atoms with Crippen LogP contribution in [0.1, 0.15) is 10.5 Å². The van der Waals surface area contributed by atoms with E-state index in [1.165, 1.54) is 0 Å². The van der Waals surface area contributed by atoms with E-state index < -0.39 is 5.91 Å². The van der Waals surface area contributed by atoms with Gasteiger partial charge in [0.25, 0.3) is 5.91 Å². The summed E-state index contributed by atoms with van der Waals surface area (Å²) < 4.78 is 0. The van der Waals surface area contributed by atoms with Gasteiger partial charge in [-0.25, -0.2) is 4.98 Å². The van der Waals surface area contributed by atoms with Gasteiger partial charge in [0.1, 0.15) is 11.5 Å². The number of aromatic nitrogens is 1. The SMILES string of the molecule is CNc1ccc(Cl)c(C(=O)Nc2c(Cl)cccc2Cl)n1. The molecule has 0 unspecified atom stereocenters. The van der Waals surface area contributed by atoms with E-state index in [1.54, 1.807) is 37.4 Å². The van der Waals surface area contributed by atoms with Crippen LogP contribution in [0.4, 0.5) is 11.5 Å². The number of halogens is 3. The van der Waals surface area contributed by atoms with Gasteiger partial charge >= 0.3 is 0 Å². The molecular formula is C13H10Cl3N3O. The fraction of sp³-hybridized carbons (Fsp3) is 0.0769. The minimum Gasteiger partial charge on any atom is -0.373 e. The zero-order valence-electron chi connectivity index (χ0n) is 10.4. The maximum absolute atomic E-state index is 12.2. The van der Waals surface area contributed by atoms with Crippen LogP contribution >= 0.6 is 34.8 Å². The number of nitrogens with zero attached hydrogens (tertiary/aromatic N) is 1. The third-order valence-corrected chi connectivity index (χ3v) is 3.45. The molecule has 104 valence electrons. The topological polar surface area (TPSA) is 54.0 Å². The molecule has 0 saturated carbocycles. The molecular weight excluding hydrogens is 321 g/mol. The number of hydrogen-bond donors (Lipinski definition) is 2. The normalized spacial score (nSPS) is 10.2. The summed E-state index contributed by atoms with van der Waals surface area (Å²) in [4.78, 5) is 16.3. The van der Waals surface area contributed by atoms with Crippen molar-refractivity contribution in [3.8, 4) is 0 Å². The second-order valence-corrected chi connectivity index (χ2v) is 5.05. The third-order valence-electron chi connectivity index (χ3n) is 2.52. The summed E-state index contributed by atoms with van der Waals surface area (Å²) >= 11 is 18.0. The fourth-order valence-electron chi connectivity index (χ4n) is 1.53. The largest absolute Gasteiger partial charge is 0.373 e. The highest BCUT2D eigenvalue weighted by molar-refractivity contribution is 6.40. The molecule has 0 saturated heterocycles. The molecule has 7 heteroatoms. The molecule has 2 N–H and O–H groups in total. The molecule has 2 aromatic rings. The molecule has 4 nitrogen and oxygen atoms in total. The van der Waals surface area contributed by atoms with E-state index in [4.69, 9.17) is 34.8 Å². The van der Waals surface area contributed by atoms with Crippen molar-refractivity contribution in [3.63, 3.8) is 0 Å². The summed E-state index contributed by atoms with van der Waals surface area (Å²) in [6.07, 6.45) is 0. The van der Waals surface area contributed by atoms with Gasteiger partial charge in [0.15, 0.2) is 0 Å². The zero-order chi connectivity index (χ0) is 14.7. The van der Waals surface area contributed by atoms with Gasteiger partial charge in [-0.15, -0.1) is 0 Å². The number of carbonyl (C=O) groups excluding carboxylic acids is 1. The Kier molecular flexibility index (Phi) is 4.70. The first kappa shape index (κ1) is 14.9. The number of amides is 1. The van der Waals surface area contributed by atoms with Gasteiger partial charge in [0, 0.05) is 7.05 Å². The lowest BCUT2D eigenvalue weighted by Crippen LogP contribution is -2.15. The first-order chi connectivity index (χ1) is 9.52. The number of carbonyl (C=O) groups is 1. The fourth-order valence-corrected chi connectivity index (χ4v) is 2.21. The molecule has 0 bridgehead atoms. The average molecular weight is 331 g/mol. The molecule has 0 radical (unpaired) electrons. The quantitative estimate of drug-likeness (QED) is 0.880. The van der Waals surface area contributed by atoms with Crippen LogP contribution in [0, 0.1) is 0 Å². The number of para-hydroxylation sites is 1. The van der Waals surface area contributed by atoms with Crippen molar-refractivity contribution in [3.05, 3.63) is 51.1 Å². The molecule has 1 heterocycles. The van der Waals surface area contributed by atoms with Crippen molar-refractivity contribution < 1.29 is 4.79 Å². The molecule has 0 aliphatic heterocycles. The van der Waals surface area contributed by atoms with Gasteiger partial charge in [-0.3, -0.25) is 4.79 Å². The average Bonchev–Trinajstić information content (AvgIpc) is 2.43. The van der Waals surface area contributed by atoms with E-state index in [9.17, 15) is 4.79 Å². The van der Waals surface area contributed by atoms with Crippen LogP contribution in [0.2, 0.25) is 15.1 Å². The standard InChI is InChI=1S/C13H10Cl3N3O/c1-17-10-6-5-9(16)12(18-10)13(20)19-11-7(14)3-2-4-8(11)15/h2-6H,1H3,(H,17,18)(H,19,20). The number of pyridine rings is 1. The minimum atomic E-state index is -0.484. The second-order valence-electron chi connectivity index (χ2n) is 3.83. The summed E-state index contributed by atoms with van der Waals surface area (Å²) in [7, 11) is 1.70. The molecule has 1 aromatic heterocycles. The van der Waals surface area contributed by atoms with Gasteiger partial charge in [-0.1, -0.05) is 40.9 Å². The lowest BCUT2D eigenvalue weighted by Gasteiger charge is -2.10. The van der Waals surface area contributed by atoms with Crippen LogP contribution in [0.3, 0.4) is 0 Å². The number of rotatable bonds is 3. The van der Waals surface area contributed by atoms with Gasteiger partial charge in [-0.2, -0.15) is 0 Å². The Labute approximate surface area is 131 Å². The summed E-state index contributed by atoms with van der Waals surface area (Å²) in [5.41, 5.74) is 0.420. The Balaban J connectivity index is 2.33. The Bertz CT molecular complexity index is 641. The molecule has 0 fully saturated rings. The number of hydrogen-bond acceptors (Lipinski definition) is 3. The predicted octanol–water partition coefficient (Wildman–Crippen LogP) is 4.34. The van der Waals surface area contributed by atoms with Crippen molar-refractivity contribution in [1.82, 2.24) is 4.98 Å². The Morgan fingerprint density at radius 2 is 1.70 bits per heavy atom. The first-order valence-electron chi connectivity index (χ1n) is 5.62. The maximum atomic E-state index is 12.2. The predicted molar refractivity (Wildman–Crippen MR) is 83.2 cm³/mol. The smallest absolute Gasteiger partial charge is 0.275 e. The van der Waals surface area contributed by atoms with Gasteiger partial charge in [0.2, 0.25) is 0 Å². The van der Waals surface area contributed by atoms with Crippen molar-refractivity contribution in [2.24, 2.45) is 0 Å². The van der Waals surface area contributed by atoms with Crippen molar-refractivity contribution in [2.45, 2.75) is 0 Å². The number of nitrogens with one attached hydrogen (secondary N) is 2. The van der Waals surface area contributed by atoms with Crippen molar-refractivity contribution >= 4 is 52.2 Å². The second kappa shape index (κ2) is 6.31. The lowest BCUT2D eigenvalue weighted by atomic mass is 10.3. The van der Waals surface area contributed by atoms with Gasteiger partial charge in [0.05, 0.1) is 20.8 Å². The summed E-state index contributed by atoms with van der Waals surface area (Å²) in [6, 6.07) is 8.20. The highest BCUT2D eigenvalue weighted by Gasteiger charge is 2.16. The molecule has 1 aromatic carbocycles. The van der Waals surface area contributed by atoms with Crippen LogP contribution in [0.25, 0.3) is 0 Å². The van der Waals surface area contributed by atoms with Crippen LogP contribution in [0.15, 0.2) is 30.3 Å². The van der Waals surface area contributed by atoms with E-state index in [-0.39, 0.29) is 10.7 Å². The van der Waals surface area contributed by atoms with Gasteiger partial charge < -0.3 is 10.6 Å². The van der Waals surface area contributed by atoms with E-state index in [1.807, 2.05) is 0 Å². The van der Waals surface area contributed by atoms with Crippen molar-refractivity contribution in [2.75, 3.05) is 17.7 Å². The number of anilines is 2. The summed E-state index contributed by atoms with van der Waals surface area (Å²) in [5.74, 6) is 0.0481. The number of benzene rings is 1. The van der Waals surface area contributed by atoms with E-state index in [0.717, 1.165) is 0 Å². The summed E-state index contributed by atoms with van der Waals surface area (Å²) in [6.45, 7) is 0. The minimum absolute atomic E-state index is 0.0921. The molecule has 0 aliphatic rings. The molecule has 2 rings (SSSR count). The molecule has 0 atom stereocenters. The summed E-state index contributed by atoms with van der Waals surface area (Å²) in [5, 5.41) is 6.36. The van der Waals surface area contributed by atoms with Crippen LogP contribution in [-0.4, -0.2) is 17.9 Å². The molecule has 20 heavy (non-hydrogen) atoms. The monoisotopic (exact) mass is 329 g/mol. The lowest BCUT2D eigenvalue weighted by molar-refractivity contribution is 0.102. The molecule has 1 amide bonds. The molecule has 0 aliphatic carbocycles. The van der Waals surface area contributed by atoms with Gasteiger partial charge in [-0.05, 0) is 24.3 Å². The third kappa shape index (κ3) is 3.15. The highest BCUT2D eigenvalue weighted by atomic mass is 35.5. The van der Waals surface area contributed by atoms with Crippen LogP contribution < -0.4 is 10.6 Å². The van der Waals surface area contributed by atoms with E-state index in [2.05, 4.69) is 15.6 Å². The van der Waals surface area contributed by atoms with Crippen LogP contribution in [-0.2, 0) is 0 Å². The zero-order valence-corrected chi connectivity index (χ0v) is 12.6. The first-order valence-corrected chi connectivity index (χ1v) is 6.76. The Morgan fingerprint density at radius 1 is 1.05 bits per heavy atom. The maximum Gasteiger partial charge on any atom is 0.275 e. The highest BCUT2D eigenvalue weighted by Crippen LogP contribution is 2.30. The van der Waals surface area contributed by atoms with Crippen molar-refractivity contribution in [1.29, 1.82) is 0 Å².